The fourth-order valence-electron chi connectivity index (χ4n) is 2.61. The van der Waals surface area contributed by atoms with Gasteiger partial charge in [0.05, 0.1) is 5.56 Å². The zero-order chi connectivity index (χ0) is 15.9. The van der Waals surface area contributed by atoms with Crippen LogP contribution in [0.25, 0.3) is 0 Å². The average molecular weight is 305 g/mol. The van der Waals surface area contributed by atoms with Crippen molar-refractivity contribution in [3.8, 4) is 0 Å². The number of aromatic carboxylic acids is 1. The molecule has 1 aromatic carbocycles. The van der Waals surface area contributed by atoms with E-state index < -0.39 is 5.97 Å². The predicted molar refractivity (Wildman–Crippen MR) is 82.9 cm³/mol. The lowest BCUT2D eigenvalue weighted by Crippen LogP contribution is -2.38. The quantitative estimate of drug-likeness (QED) is 0.786. The van der Waals surface area contributed by atoms with Crippen LogP contribution in [0.2, 0.25) is 0 Å². The van der Waals surface area contributed by atoms with Crippen molar-refractivity contribution in [3.05, 3.63) is 34.9 Å². The first-order chi connectivity index (χ1) is 10.6. The number of carboxylic acid groups (broad SMARTS) is 1. The number of hydrogen-bond donors (Lipinski definition) is 1. The van der Waals surface area contributed by atoms with Gasteiger partial charge in [-0.1, -0.05) is 25.8 Å². The first kappa shape index (κ1) is 16.5. The summed E-state index contributed by atoms with van der Waals surface area (Å²) < 4.78 is 5.42. The van der Waals surface area contributed by atoms with E-state index in [2.05, 4.69) is 6.92 Å². The van der Waals surface area contributed by atoms with Crippen LogP contribution in [0.5, 0.6) is 0 Å². The third kappa shape index (κ3) is 4.31. The predicted octanol–water partition coefficient (Wildman–Crippen LogP) is 2.48. The molecular formula is C17H23NO4. The number of carbonyl (C=O) groups excluding carboxylic acids is 1. The molecule has 5 nitrogen and oxygen atoms in total. The van der Waals surface area contributed by atoms with E-state index in [0.29, 0.717) is 19.7 Å². The molecule has 0 fully saturated rings. The SMILES string of the molecule is CCCCCOCC(=O)N1CCc2ccc(C(=O)O)cc2C1. The largest absolute Gasteiger partial charge is 0.478 e. The summed E-state index contributed by atoms with van der Waals surface area (Å²) in [6.07, 6.45) is 3.99. The van der Waals surface area contributed by atoms with Crippen LogP contribution in [0.1, 0.15) is 47.7 Å². The van der Waals surface area contributed by atoms with E-state index in [1.165, 1.54) is 0 Å². The third-order valence-electron chi connectivity index (χ3n) is 3.94. The fraction of sp³-hybridized carbons (Fsp3) is 0.529. The molecule has 1 aliphatic rings. The van der Waals surface area contributed by atoms with Gasteiger partial charge in [-0.3, -0.25) is 4.79 Å². The maximum atomic E-state index is 12.1. The molecule has 120 valence electrons. The lowest BCUT2D eigenvalue weighted by atomic mass is 9.97. The van der Waals surface area contributed by atoms with E-state index in [-0.39, 0.29) is 18.1 Å². The number of fused-ring (bicyclic) bond motifs is 1. The van der Waals surface area contributed by atoms with Gasteiger partial charge >= 0.3 is 5.97 Å². The summed E-state index contributed by atoms with van der Waals surface area (Å²) in [5, 5.41) is 9.05. The molecule has 0 saturated carbocycles. The Morgan fingerprint density at radius 2 is 2.09 bits per heavy atom. The van der Waals surface area contributed by atoms with Crippen molar-refractivity contribution in [2.75, 3.05) is 19.8 Å². The van der Waals surface area contributed by atoms with E-state index in [9.17, 15) is 9.59 Å². The van der Waals surface area contributed by atoms with Crippen molar-refractivity contribution in [1.29, 1.82) is 0 Å². The van der Waals surface area contributed by atoms with Gasteiger partial charge in [-0.05, 0) is 36.1 Å². The topological polar surface area (TPSA) is 66.8 Å². The van der Waals surface area contributed by atoms with Gasteiger partial charge in [0.25, 0.3) is 0 Å². The van der Waals surface area contributed by atoms with E-state index in [1.54, 1.807) is 17.0 Å². The number of benzene rings is 1. The van der Waals surface area contributed by atoms with E-state index in [0.717, 1.165) is 36.8 Å². The Kier molecular flexibility index (Phi) is 5.95. The fourth-order valence-corrected chi connectivity index (χ4v) is 2.61. The highest BCUT2D eigenvalue weighted by atomic mass is 16.5. The lowest BCUT2D eigenvalue weighted by molar-refractivity contribution is -0.137. The molecule has 0 radical (unpaired) electrons. The van der Waals surface area contributed by atoms with E-state index >= 15 is 0 Å². The van der Waals surface area contributed by atoms with Crippen LogP contribution >= 0.6 is 0 Å². The average Bonchev–Trinajstić information content (AvgIpc) is 2.53. The Hall–Kier alpha value is -1.88. The Balaban J connectivity index is 1.89. The number of carbonyl (C=O) groups is 2. The van der Waals surface area contributed by atoms with Gasteiger partial charge in [0.1, 0.15) is 6.61 Å². The maximum Gasteiger partial charge on any atom is 0.335 e. The summed E-state index contributed by atoms with van der Waals surface area (Å²) in [5.41, 5.74) is 2.31. The molecule has 1 aromatic rings. The number of rotatable bonds is 7. The molecule has 0 aromatic heterocycles. The number of nitrogens with zero attached hydrogens (tertiary/aromatic N) is 1. The number of hydrogen-bond acceptors (Lipinski definition) is 3. The highest BCUT2D eigenvalue weighted by Crippen LogP contribution is 2.20. The van der Waals surface area contributed by atoms with Crippen molar-refractivity contribution in [3.63, 3.8) is 0 Å². The zero-order valence-electron chi connectivity index (χ0n) is 13.0. The first-order valence-electron chi connectivity index (χ1n) is 7.82. The molecule has 1 N–H and O–H groups in total. The molecule has 0 unspecified atom stereocenters. The minimum Gasteiger partial charge on any atom is -0.478 e. The summed E-state index contributed by atoms with van der Waals surface area (Å²) >= 11 is 0. The molecule has 22 heavy (non-hydrogen) atoms. The summed E-state index contributed by atoms with van der Waals surface area (Å²) in [7, 11) is 0. The zero-order valence-corrected chi connectivity index (χ0v) is 13.0. The molecule has 1 amide bonds. The Labute approximate surface area is 130 Å². The normalized spacial score (nSPS) is 13.8. The Bertz CT molecular complexity index is 541. The smallest absolute Gasteiger partial charge is 0.335 e. The monoisotopic (exact) mass is 305 g/mol. The molecule has 0 spiro atoms. The summed E-state index contributed by atoms with van der Waals surface area (Å²) in [5.74, 6) is -0.964. The van der Waals surface area contributed by atoms with Gasteiger partial charge < -0.3 is 14.7 Å². The number of ether oxygens (including phenoxy) is 1. The summed E-state index contributed by atoms with van der Waals surface area (Å²) in [6, 6.07) is 5.14. The minimum absolute atomic E-state index is 0.0251. The molecular weight excluding hydrogens is 282 g/mol. The third-order valence-corrected chi connectivity index (χ3v) is 3.94. The van der Waals surface area contributed by atoms with Crippen molar-refractivity contribution in [1.82, 2.24) is 4.90 Å². The van der Waals surface area contributed by atoms with Gasteiger partial charge in [0, 0.05) is 19.7 Å². The van der Waals surface area contributed by atoms with Crippen LogP contribution < -0.4 is 0 Å². The van der Waals surface area contributed by atoms with Crippen molar-refractivity contribution in [2.24, 2.45) is 0 Å². The van der Waals surface area contributed by atoms with Gasteiger partial charge in [0.2, 0.25) is 5.91 Å². The number of amides is 1. The standard InChI is InChI=1S/C17H23NO4/c1-2-3-4-9-22-12-16(19)18-8-7-13-5-6-14(17(20)21)10-15(13)11-18/h5-6,10H,2-4,7-9,11-12H2,1H3,(H,20,21). The molecule has 0 atom stereocenters. The van der Waals surface area contributed by atoms with Crippen LogP contribution in [0.4, 0.5) is 0 Å². The Morgan fingerprint density at radius 1 is 1.27 bits per heavy atom. The second-order valence-electron chi connectivity index (χ2n) is 5.61. The molecule has 1 aliphatic heterocycles. The molecule has 0 saturated heterocycles. The summed E-state index contributed by atoms with van der Waals surface area (Å²) in [4.78, 5) is 24.9. The van der Waals surface area contributed by atoms with Crippen LogP contribution in [0, 0.1) is 0 Å². The highest BCUT2D eigenvalue weighted by Gasteiger charge is 2.21. The van der Waals surface area contributed by atoms with Gasteiger partial charge in [-0.25, -0.2) is 4.79 Å². The summed E-state index contributed by atoms with van der Waals surface area (Å²) in [6.45, 7) is 3.98. The molecule has 5 heteroatoms. The number of unbranched alkanes of at least 4 members (excludes halogenated alkanes) is 2. The molecule has 0 bridgehead atoms. The molecule has 0 aliphatic carbocycles. The van der Waals surface area contributed by atoms with Crippen LogP contribution in [-0.2, 0) is 22.5 Å². The van der Waals surface area contributed by atoms with Crippen molar-refractivity contribution >= 4 is 11.9 Å². The van der Waals surface area contributed by atoms with E-state index in [1.807, 2.05) is 6.07 Å². The van der Waals surface area contributed by atoms with E-state index in [4.69, 9.17) is 9.84 Å². The molecule has 2 rings (SSSR count). The minimum atomic E-state index is -0.939. The Morgan fingerprint density at radius 3 is 2.82 bits per heavy atom. The van der Waals surface area contributed by atoms with Gasteiger partial charge in [-0.2, -0.15) is 0 Å². The van der Waals surface area contributed by atoms with Gasteiger partial charge in [-0.15, -0.1) is 0 Å². The second kappa shape index (κ2) is 7.94. The van der Waals surface area contributed by atoms with Crippen molar-refractivity contribution in [2.45, 2.75) is 39.2 Å². The first-order valence-corrected chi connectivity index (χ1v) is 7.82. The highest BCUT2D eigenvalue weighted by molar-refractivity contribution is 5.88. The number of carboxylic acids is 1. The van der Waals surface area contributed by atoms with Crippen LogP contribution in [0.15, 0.2) is 18.2 Å². The molecule has 1 heterocycles. The maximum absolute atomic E-state index is 12.1. The lowest BCUT2D eigenvalue weighted by Gasteiger charge is -2.29. The van der Waals surface area contributed by atoms with Crippen LogP contribution in [0.3, 0.4) is 0 Å². The van der Waals surface area contributed by atoms with Crippen molar-refractivity contribution < 1.29 is 19.4 Å². The van der Waals surface area contributed by atoms with Crippen LogP contribution in [-0.4, -0.2) is 41.6 Å². The second-order valence-corrected chi connectivity index (χ2v) is 5.61. The van der Waals surface area contributed by atoms with Gasteiger partial charge in [0.15, 0.2) is 0 Å².